The molecule has 0 N–H and O–H groups in total. The van der Waals surface area contributed by atoms with Crippen LogP contribution in [0.5, 0.6) is 0 Å². The first kappa shape index (κ1) is 21.5. The van der Waals surface area contributed by atoms with E-state index in [0.29, 0.717) is 10.7 Å². The van der Waals surface area contributed by atoms with Gasteiger partial charge in [-0.3, -0.25) is 14.4 Å². The van der Waals surface area contributed by atoms with E-state index in [1.807, 2.05) is 0 Å². The second-order valence-electron chi connectivity index (χ2n) is 8.10. The zero-order valence-corrected chi connectivity index (χ0v) is 17.9. The van der Waals surface area contributed by atoms with Crippen molar-refractivity contribution in [2.45, 2.75) is 57.0 Å². The third-order valence-electron chi connectivity index (χ3n) is 6.10. The van der Waals surface area contributed by atoms with Crippen LogP contribution >= 0.6 is 11.6 Å². The van der Waals surface area contributed by atoms with Gasteiger partial charge in [0.05, 0.1) is 17.7 Å². The van der Waals surface area contributed by atoms with Crippen molar-refractivity contribution >= 4 is 35.0 Å². The second kappa shape index (κ2) is 9.18. The van der Waals surface area contributed by atoms with Gasteiger partial charge in [0, 0.05) is 11.1 Å². The molecule has 3 amide bonds. The molecule has 4 rings (SSSR count). The Morgan fingerprint density at radius 3 is 2.26 bits per heavy atom. The van der Waals surface area contributed by atoms with Gasteiger partial charge in [0.1, 0.15) is 11.9 Å². The molecular weight excluding hydrogens is 419 g/mol. The number of benzene rings is 2. The molecule has 1 unspecified atom stereocenters. The molecule has 2 aliphatic rings. The number of nitrogens with zero attached hydrogens (tertiary/aromatic N) is 2. The van der Waals surface area contributed by atoms with E-state index >= 15 is 0 Å². The maximum Gasteiger partial charge on any atom is 0.257 e. The van der Waals surface area contributed by atoms with Crippen LogP contribution in [0.3, 0.4) is 0 Å². The first-order valence-electron chi connectivity index (χ1n) is 10.7. The molecule has 0 bridgehead atoms. The number of carbonyl (C=O) groups excluding carboxylic acids is 3. The SMILES string of the molecule is O=C1CC(N(C(=O)c2ccccc2F)C2CCCCCC2)C(=O)N1c1ccc(Cl)cc1. The molecule has 1 atom stereocenters. The molecule has 1 saturated carbocycles. The molecule has 1 saturated heterocycles. The predicted molar refractivity (Wildman–Crippen MR) is 116 cm³/mol. The van der Waals surface area contributed by atoms with Crippen molar-refractivity contribution in [3.8, 4) is 0 Å². The summed E-state index contributed by atoms with van der Waals surface area (Å²) >= 11 is 5.93. The minimum atomic E-state index is -0.946. The van der Waals surface area contributed by atoms with Crippen LogP contribution in [0.4, 0.5) is 10.1 Å². The molecule has 31 heavy (non-hydrogen) atoms. The summed E-state index contributed by atoms with van der Waals surface area (Å²) in [4.78, 5) is 42.3. The van der Waals surface area contributed by atoms with Crippen LogP contribution < -0.4 is 4.90 Å². The lowest BCUT2D eigenvalue weighted by Crippen LogP contribution is -2.51. The summed E-state index contributed by atoms with van der Waals surface area (Å²) in [7, 11) is 0. The highest BCUT2D eigenvalue weighted by Gasteiger charge is 2.46. The molecule has 2 aromatic rings. The molecule has 0 radical (unpaired) electrons. The van der Waals surface area contributed by atoms with Crippen molar-refractivity contribution in [3.05, 3.63) is 64.9 Å². The van der Waals surface area contributed by atoms with E-state index in [9.17, 15) is 18.8 Å². The summed E-state index contributed by atoms with van der Waals surface area (Å²) < 4.78 is 14.5. The second-order valence-corrected chi connectivity index (χ2v) is 8.54. The van der Waals surface area contributed by atoms with E-state index in [-0.39, 0.29) is 23.9 Å². The van der Waals surface area contributed by atoms with Gasteiger partial charge in [-0.1, -0.05) is 49.4 Å². The van der Waals surface area contributed by atoms with Gasteiger partial charge in [-0.05, 0) is 49.2 Å². The van der Waals surface area contributed by atoms with Crippen molar-refractivity contribution in [2.75, 3.05) is 4.90 Å². The number of halogens is 2. The van der Waals surface area contributed by atoms with Crippen LogP contribution in [0.25, 0.3) is 0 Å². The molecule has 0 spiro atoms. The minimum Gasteiger partial charge on any atom is -0.323 e. The van der Waals surface area contributed by atoms with E-state index in [1.165, 1.54) is 23.1 Å². The Morgan fingerprint density at radius 2 is 1.61 bits per heavy atom. The Bertz CT molecular complexity index is 987. The maximum absolute atomic E-state index is 14.5. The Hall–Kier alpha value is -2.73. The molecule has 0 aromatic heterocycles. The largest absolute Gasteiger partial charge is 0.323 e. The fourth-order valence-electron chi connectivity index (χ4n) is 4.57. The van der Waals surface area contributed by atoms with Crippen LogP contribution in [0.15, 0.2) is 48.5 Å². The van der Waals surface area contributed by atoms with Gasteiger partial charge in [-0.2, -0.15) is 0 Å². The normalized spacial score (nSPS) is 20.1. The average Bonchev–Trinajstić information content (AvgIpc) is 2.92. The van der Waals surface area contributed by atoms with Crippen molar-refractivity contribution in [3.63, 3.8) is 0 Å². The van der Waals surface area contributed by atoms with Crippen LogP contribution in [0.2, 0.25) is 5.02 Å². The summed E-state index contributed by atoms with van der Waals surface area (Å²) in [6, 6.07) is 11.1. The minimum absolute atomic E-state index is 0.0723. The lowest BCUT2D eigenvalue weighted by molar-refractivity contribution is -0.123. The monoisotopic (exact) mass is 442 g/mol. The summed E-state index contributed by atoms with van der Waals surface area (Å²) in [6.07, 6.45) is 5.35. The lowest BCUT2D eigenvalue weighted by atomic mass is 10.0. The van der Waals surface area contributed by atoms with E-state index in [2.05, 4.69) is 0 Å². The standard InChI is InChI=1S/C24H24ClFN2O3/c25-16-11-13-18(14-12-16)28-22(29)15-21(24(28)31)27(17-7-3-1-2-4-8-17)23(30)19-9-5-6-10-20(19)26/h5-6,9-14,17,21H,1-4,7-8,15H2. The van der Waals surface area contributed by atoms with Crippen molar-refractivity contribution in [1.82, 2.24) is 4.90 Å². The number of hydrogen-bond donors (Lipinski definition) is 0. The van der Waals surface area contributed by atoms with Crippen molar-refractivity contribution < 1.29 is 18.8 Å². The topological polar surface area (TPSA) is 57.7 Å². The quantitative estimate of drug-likeness (QED) is 0.496. The van der Waals surface area contributed by atoms with E-state index in [0.717, 1.165) is 43.4 Å². The van der Waals surface area contributed by atoms with Crippen molar-refractivity contribution in [2.24, 2.45) is 0 Å². The molecule has 162 valence electrons. The highest BCUT2D eigenvalue weighted by Crippen LogP contribution is 2.32. The Kier molecular flexibility index (Phi) is 6.37. The van der Waals surface area contributed by atoms with Crippen LogP contribution in [0.1, 0.15) is 55.3 Å². The fraction of sp³-hybridized carbons (Fsp3) is 0.375. The van der Waals surface area contributed by atoms with Gasteiger partial charge in [0.25, 0.3) is 11.8 Å². The van der Waals surface area contributed by atoms with Crippen LogP contribution in [-0.4, -0.2) is 34.7 Å². The maximum atomic E-state index is 14.5. The number of amides is 3. The number of rotatable bonds is 4. The molecule has 7 heteroatoms. The van der Waals surface area contributed by atoms with Gasteiger partial charge in [0.15, 0.2) is 0 Å². The number of imide groups is 1. The molecule has 1 aliphatic carbocycles. The van der Waals surface area contributed by atoms with Gasteiger partial charge in [-0.15, -0.1) is 0 Å². The average molecular weight is 443 g/mol. The van der Waals surface area contributed by atoms with E-state index in [4.69, 9.17) is 11.6 Å². The van der Waals surface area contributed by atoms with E-state index in [1.54, 1.807) is 30.3 Å². The zero-order chi connectivity index (χ0) is 22.0. The van der Waals surface area contributed by atoms with Gasteiger partial charge in [-0.25, -0.2) is 9.29 Å². The van der Waals surface area contributed by atoms with E-state index < -0.39 is 23.7 Å². The highest BCUT2D eigenvalue weighted by atomic mass is 35.5. The molecule has 1 heterocycles. The van der Waals surface area contributed by atoms with Crippen LogP contribution in [0, 0.1) is 5.82 Å². The number of hydrogen-bond acceptors (Lipinski definition) is 3. The number of anilines is 1. The summed E-state index contributed by atoms with van der Waals surface area (Å²) in [5.74, 6) is -2.00. The Labute approximate surface area is 185 Å². The van der Waals surface area contributed by atoms with Gasteiger partial charge >= 0.3 is 0 Å². The molecule has 5 nitrogen and oxygen atoms in total. The third-order valence-corrected chi connectivity index (χ3v) is 6.35. The summed E-state index contributed by atoms with van der Waals surface area (Å²) in [5, 5.41) is 0.495. The molecular formula is C24H24ClFN2O3. The lowest BCUT2D eigenvalue weighted by Gasteiger charge is -2.35. The smallest absolute Gasteiger partial charge is 0.257 e. The van der Waals surface area contributed by atoms with Gasteiger partial charge < -0.3 is 4.90 Å². The third kappa shape index (κ3) is 4.35. The Morgan fingerprint density at radius 1 is 0.968 bits per heavy atom. The summed E-state index contributed by atoms with van der Waals surface area (Å²) in [5.41, 5.74) is 0.345. The van der Waals surface area contributed by atoms with Crippen molar-refractivity contribution in [1.29, 1.82) is 0 Å². The molecule has 2 fully saturated rings. The fourth-order valence-corrected chi connectivity index (χ4v) is 4.69. The van der Waals surface area contributed by atoms with Crippen LogP contribution in [-0.2, 0) is 9.59 Å². The first-order valence-corrected chi connectivity index (χ1v) is 11.0. The summed E-state index contributed by atoms with van der Waals surface area (Å²) in [6.45, 7) is 0. The zero-order valence-electron chi connectivity index (χ0n) is 17.1. The highest BCUT2D eigenvalue weighted by molar-refractivity contribution is 6.31. The molecule has 1 aliphatic heterocycles. The first-order chi connectivity index (χ1) is 15.0. The molecule has 2 aromatic carbocycles. The number of carbonyl (C=O) groups is 3. The van der Waals surface area contributed by atoms with Gasteiger partial charge in [0.2, 0.25) is 5.91 Å². The predicted octanol–water partition coefficient (Wildman–Crippen LogP) is 4.98. The Balaban J connectivity index is 1.70.